The van der Waals surface area contributed by atoms with Gasteiger partial charge in [-0.05, 0) is 31.0 Å². The minimum Gasteiger partial charge on any atom is -0.399 e. The number of rotatable bonds is 4. The van der Waals surface area contributed by atoms with Crippen molar-refractivity contribution < 1.29 is 4.79 Å². The highest BCUT2D eigenvalue weighted by atomic mass is 16.1. The zero-order valence-corrected chi connectivity index (χ0v) is 9.29. The van der Waals surface area contributed by atoms with Crippen molar-refractivity contribution in [3.05, 3.63) is 24.3 Å². The first-order chi connectivity index (χ1) is 7.17. The zero-order valence-electron chi connectivity index (χ0n) is 9.29. The van der Waals surface area contributed by atoms with Crippen LogP contribution in [0.2, 0.25) is 0 Å². The minimum atomic E-state index is 0.0746. The van der Waals surface area contributed by atoms with Gasteiger partial charge < -0.3 is 11.1 Å². The summed E-state index contributed by atoms with van der Waals surface area (Å²) in [5.41, 5.74) is 7.06. The molecule has 15 heavy (non-hydrogen) atoms. The fourth-order valence-corrected chi connectivity index (χ4v) is 1.52. The quantitative estimate of drug-likeness (QED) is 0.744. The molecule has 1 aromatic carbocycles. The highest BCUT2D eigenvalue weighted by Gasteiger charge is 2.13. The predicted molar refractivity (Wildman–Crippen MR) is 63.6 cm³/mol. The topological polar surface area (TPSA) is 55.1 Å². The maximum absolute atomic E-state index is 11.7. The van der Waals surface area contributed by atoms with Gasteiger partial charge >= 0.3 is 0 Å². The van der Waals surface area contributed by atoms with Crippen molar-refractivity contribution in [2.45, 2.75) is 26.7 Å². The molecule has 0 aliphatic carbocycles. The number of hydrogen-bond acceptors (Lipinski definition) is 2. The van der Waals surface area contributed by atoms with Crippen LogP contribution in [0.25, 0.3) is 0 Å². The van der Waals surface area contributed by atoms with Crippen molar-refractivity contribution in [1.82, 2.24) is 0 Å². The van der Waals surface area contributed by atoms with Crippen LogP contribution in [0.3, 0.4) is 0 Å². The summed E-state index contributed by atoms with van der Waals surface area (Å²) in [5, 5.41) is 2.87. The second kappa shape index (κ2) is 5.39. The molecular weight excluding hydrogens is 188 g/mol. The zero-order chi connectivity index (χ0) is 11.3. The van der Waals surface area contributed by atoms with Crippen LogP contribution in [0.1, 0.15) is 26.7 Å². The van der Waals surface area contributed by atoms with E-state index in [4.69, 9.17) is 5.73 Å². The van der Waals surface area contributed by atoms with Gasteiger partial charge in [-0.2, -0.15) is 0 Å². The van der Waals surface area contributed by atoms with E-state index in [0.717, 1.165) is 18.5 Å². The lowest BCUT2D eigenvalue weighted by atomic mass is 10.0. The summed E-state index contributed by atoms with van der Waals surface area (Å²) in [7, 11) is 0. The molecule has 0 spiro atoms. The molecule has 82 valence electrons. The largest absolute Gasteiger partial charge is 0.399 e. The van der Waals surface area contributed by atoms with Crippen molar-refractivity contribution in [1.29, 1.82) is 0 Å². The number of amides is 1. The number of carbonyl (C=O) groups is 1. The van der Waals surface area contributed by atoms with Crippen LogP contribution in [-0.4, -0.2) is 5.91 Å². The van der Waals surface area contributed by atoms with Crippen molar-refractivity contribution in [2.75, 3.05) is 11.1 Å². The SMILES string of the molecule is CCC(CC)C(=O)Nc1cccc(N)c1. The van der Waals surface area contributed by atoms with Gasteiger partial charge in [0.1, 0.15) is 0 Å². The highest BCUT2D eigenvalue weighted by molar-refractivity contribution is 5.92. The average Bonchev–Trinajstić information content (AvgIpc) is 2.19. The lowest BCUT2D eigenvalue weighted by Gasteiger charge is -2.12. The summed E-state index contributed by atoms with van der Waals surface area (Å²) in [6.07, 6.45) is 1.73. The molecule has 0 saturated heterocycles. The Labute approximate surface area is 90.7 Å². The van der Waals surface area contributed by atoms with Gasteiger partial charge in [0.05, 0.1) is 0 Å². The van der Waals surface area contributed by atoms with Crippen LogP contribution in [0.4, 0.5) is 11.4 Å². The maximum atomic E-state index is 11.7. The van der Waals surface area contributed by atoms with Gasteiger partial charge in [0.2, 0.25) is 5.91 Å². The molecule has 0 radical (unpaired) electrons. The van der Waals surface area contributed by atoms with Gasteiger partial charge in [0.25, 0.3) is 0 Å². The normalized spacial score (nSPS) is 10.3. The lowest BCUT2D eigenvalue weighted by molar-refractivity contribution is -0.120. The summed E-state index contributed by atoms with van der Waals surface area (Å²) in [5.74, 6) is 0.164. The van der Waals surface area contributed by atoms with Crippen molar-refractivity contribution >= 4 is 17.3 Å². The van der Waals surface area contributed by atoms with E-state index in [1.165, 1.54) is 0 Å². The number of nitrogens with one attached hydrogen (secondary N) is 1. The number of nitrogen functional groups attached to an aromatic ring is 1. The fraction of sp³-hybridized carbons (Fsp3) is 0.417. The Morgan fingerprint density at radius 3 is 2.60 bits per heavy atom. The molecule has 3 nitrogen and oxygen atoms in total. The number of hydrogen-bond donors (Lipinski definition) is 2. The van der Waals surface area contributed by atoms with Gasteiger partial charge in [0.15, 0.2) is 0 Å². The Morgan fingerprint density at radius 2 is 2.07 bits per heavy atom. The van der Waals surface area contributed by atoms with Gasteiger partial charge in [0, 0.05) is 17.3 Å². The predicted octanol–water partition coefficient (Wildman–Crippen LogP) is 2.64. The molecule has 3 heteroatoms. The molecule has 0 aliphatic heterocycles. The van der Waals surface area contributed by atoms with E-state index in [9.17, 15) is 4.79 Å². The monoisotopic (exact) mass is 206 g/mol. The van der Waals surface area contributed by atoms with E-state index in [1.54, 1.807) is 12.1 Å². The van der Waals surface area contributed by atoms with Gasteiger partial charge in [-0.15, -0.1) is 0 Å². The van der Waals surface area contributed by atoms with Crippen LogP contribution in [0.15, 0.2) is 24.3 Å². The van der Waals surface area contributed by atoms with Crippen molar-refractivity contribution in [3.8, 4) is 0 Å². The van der Waals surface area contributed by atoms with Crippen LogP contribution < -0.4 is 11.1 Å². The first-order valence-electron chi connectivity index (χ1n) is 5.33. The first-order valence-corrected chi connectivity index (χ1v) is 5.33. The molecular formula is C12H18N2O. The Morgan fingerprint density at radius 1 is 1.40 bits per heavy atom. The molecule has 0 aliphatic rings. The standard InChI is InChI=1S/C12H18N2O/c1-3-9(4-2)12(15)14-11-7-5-6-10(13)8-11/h5-9H,3-4,13H2,1-2H3,(H,14,15). The molecule has 0 fully saturated rings. The van der Waals surface area contributed by atoms with E-state index in [-0.39, 0.29) is 11.8 Å². The maximum Gasteiger partial charge on any atom is 0.227 e. The van der Waals surface area contributed by atoms with Gasteiger partial charge in [-0.25, -0.2) is 0 Å². The third-order valence-electron chi connectivity index (χ3n) is 2.51. The number of nitrogens with two attached hydrogens (primary N) is 1. The summed E-state index contributed by atoms with van der Waals surface area (Å²) in [6.45, 7) is 4.04. The smallest absolute Gasteiger partial charge is 0.227 e. The van der Waals surface area contributed by atoms with E-state index < -0.39 is 0 Å². The van der Waals surface area contributed by atoms with Crippen LogP contribution in [-0.2, 0) is 4.79 Å². The summed E-state index contributed by atoms with van der Waals surface area (Å²) < 4.78 is 0. The molecule has 0 bridgehead atoms. The summed E-state index contributed by atoms with van der Waals surface area (Å²) in [6, 6.07) is 7.24. The van der Waals surface area contributed by atoms with E-state index >= 15 is 0 Å². The third-order valence-corrected chi connectivity index (χ3v) is 2.51. The van der Waals surface area contributed by atoms with Crippen molar-refractivity contribution in [2.24, 2.45) is 5.92 Å². The van der Waals surface area contributed by atoms with E-state index in [1.807, 2.05) is 26.0 Å². The van der Waals surface area contributed by atoms with Crippen molar-refractivity contribution in [3.63, 3.8) is 0 Å². The molecule has 3 N–H and O–H groups in total. The molecule has 0 unspecified atom stereocenters. The molecule has 1 aromatic rings. The minimum absolute atomic E-state index is 0.0746. The van der Waals surface area contributed by atoms with E-state index in [0.29, 0.717) is 5.69 Å². The third kappa shape index (κ3) is 3.27. The number of carbonyl (C=O) groups excluding carboxylic acids is 1. The Kier molecular flexibility index (Phi) is 4.16. The first kappa shape index (κ1) is 11.6. The fourth-order valence-electron chi connectivity index (χ4n) is 1.52. The Hall–Kier alpha value is -1.51. The molecule has 0 aromatic heterocycles. The lowest BCUT2D eigenvalue weighted by Crippen LogP contribution is -2.21. The Bertz CT molecular complexity index is 332. The molecule has 0 atom stereocenters. The highest BCUT2D eigenvalue weighted by Crippen LogP contribution is 2.15. The average molecular weight is 206 g/mol. The molecule has 1 amide bonds. The molecule has 1 rings (SSSR count). The van der Waals surface area contributed by atoms with Crippen LogP contribution in [0, 0.1) is 5.92 Å². The summed E-state index contributed by atoms with van der Waals surface area (Å²) in [4.78, 5) is 11.7. The number of anilines is 2. The summed E-state index contributed by atoms with van der Waals surface area (Å²) >= 11 is 0. The van der Waals surface area contributed by atoms with Crippen LogP contribution in [0.5, 0.6) is 0 Å². The van der Waals surface area contributed by atoms with Gasteiger partial charge in [-0.3, -0.25) is 4.79 Å². The van der Waals surface area contributed by atoms with Crippen LogP contribution >= 0.6 is 0 Å². The second-order valence-electron chi connectivity index (χ2n) is 3.63. The molecule has 0 saturated carbocycles. The second-order valence-corrected chi connectivity index (χ2v) is 3.63. The van der Waals surface area contributed by atoms with Gasteiger partial charge in [-0.1, -0.05) is 19.9 Å². The number of benzene rings is 1. The van der Waals surface area contributed by atoms with E-state index in [2.05, 4.69) is 5.32 Å². The molecule has 0 heterocycles. The Balaban J connectivity index is 2.65.